The molecule has 0 aliphatic heterocycles. The third-order valence-corrected chi connectivity index (χ3v) is 15.4. The van der Waals surface area contributed by atoms with Gasteiger partial charge >= 0.3 is 5.97 Å². The van der Waals surface area contributed by atoms with E-state index >= 15 is 0 Å². The van der Waals surface area contributed by atoms with Crippen LogP contribution in [0.25, 0.3) is 0 Å². The predicted molar refractivity (Wildman–Crippen MR) is 324 cm³/mol. The summed E-state index contributed by atoms with van der Waals surface area (Å²) in [6, 6.07) is -0.541. The van der Waals surface area contributed by atoms with Crippen LogP contribution in [0.5, 0.6) is 0 Å². The van der Waals surface area contributed by atoms with Gasteiger partial charge in [-0.3, -0.25) is 9.59 Å². The van der Waals surface area contributed by atoms with Crippen molar-refractivity contribution in [2.75, 3.05) is 13.2 Å². The normalized spacial score (nSPS) is 12.8. The van der Waals surface area contributed by atoms with Gasteiger partial charge in [0.25, 0.3) is 0 Å². The second-order valence-electron chi connectivity index (χ2n) is 22.8. The Balaban J connectivity index is 3.39. The molecule has 3 N–H and O–H groups in total. The molecule has 1 amide bonds. The molecular weight excluding hydrogens is 911 g/mol. The van der Waals surface area contributed by atoms with Gasteiger partial charge < -0.3 is 20.3 Å². The number of rotatable bonds is 62. The van der Waals surface area contributed by atoms with Gasteiger partial charge in [0.1, 0.15) is 0 Å². The van der Waals surface area contributed by atoms with E-state index in [-0.39, 0.29) is 18.5 Å². The van der Waals surface area contributed by atoms with Crippen LogP contribution in [0.2, 0.25) is 0 Å². The molecule has 0 radical (unpaired) electrons. The minimum atomic E-state index is -0.664. The van der Waals surface area contributed by atoms with Crippen LogP contribution in [0.1, 0.15) is 361 Å². The number of hydrogen-bond donors (Lipinski definition) is 3. The molecular formula is C68H129NO5. The Morgan fingerprint density at radius 2 is 0.676 bits per heavy atom. The van der Waals surface area contributed by atoms with E-state index in [4.69, 9.17) is 4.74 Å². The lowest BCUT2D eigenvalue weighted by Gasteiger charge is -2.22. The van der Waals surface area contributed by atoms with Gasteiger partial charge in [0.05, 0.1) is 25.4 Å². The number of unbranched alkanes of at least 4 members (excludes halogenated alkanes) is 45. The highest BCUT2D eigenvalue weighted by Gasteiger charge is 2.20. The Bertz CT molecular complexity index is 1200. The molecule has 0 bridgehead atoms. The van der Waals surface area contributed by atoms with E-state index in [9.17, 15) is 19.8 Å². The topological polar surface area (TPSA) is 95.9 Å². The number of carbonyl (C=O) groups excluding carboxylic acids is 2. The number of amides is 1. The summed E-state index contributed by atoms with van der Waals surface area (Å²) < 4.78 is 5.49. The van der Waals surface area contributed by atoms with Crippen LogP contribution in [0.4, 0.5) is 0 Å². The fraction of sp³-hybridized carbons (Fsp3) is 0.882. The summed E-state index contributed by atoms with van der Waals surface area (Å²) in [4.78, 5) is 24.5. The van der Waals surface area contributed by atoms with Gasteiger partial charge in [0.2, 0.25) is 5.91 Å². The fourth-order valence-corrected chi connectivity index (χ4v) is 10.3. The minimum Gasteiger partial charge on any atom is -0.466 e. The van der Waals surface area contributed by atoms with Gasteiger partial charge in [-0.1, -0.05) is 301 Å². The molecule has 0 aliphatic rings. The zero-order valence-corrected chi connectivity index (χ0v) is 49.8. The first-order valence-corrected chi connectivity index (χ1v) is 33.2. The highest BCUT2D eigenvalue weighted by Crippen LogP contribution is 2.18. The summed E-state index contributed by atoms with van der Waals surface area (Å²) in [7, 11) is 0. The molecule has 0 spiro atoms. The number of nitrogens with one attached hydrogen (secondary N) is 1. The first-order valence-electron chi connectivity index (χ1n) is 33.2. The SMILES string of the molecule is CCCCCCCCC/C=C\CCCCCCCC(=O)OCCCCCCCCCCC/C=C\C/C=C\CCCCCCCCCCCCCCCC(=O)NC(CO)C(O)CCCCCCCCCCCCCC. The van der Waals surface area contributed by atoms with Crippen molar-refractivity contribution in [3.05, 3.63) is 36.5 Å². The monoisotopic (exact) mass is 1040 g/mol. The third-order valence-electron chi connectivity index (χ3n) is 15.4. The van der Waals surface area contributed by atoms with Crippen molar-refractivity contribution in [1.29, 1.82) is 0 Å². The molecule has 2 unspecified atom stereocenters. The van der Waals surface area contributed by atoms with Gasteiger partial charge in [-0.15, -0.1) is 0 Å². The summed E-state index contributed by atoms with van der Waals surface area (Å²) in [5.41, 5.74) is 0. The lowest BCUT2D eigenvalue weighted by atomic mass is 10.0. The first kappa shape index (κ1) is 72.1. The maximum atomic E-state index is 12.5. The summed E-state index contributed by atoms with van der Waals surface area (Å²) in [6.07, 6.45) is 80.4. The molecule has 6 heteroatoms. The van der Waals surface area contributed by atoms with Crippen molar-refractivity contribution in [1.82, 2.24) is 5.32 Å². The lowest BCUT2D eigenvalue weighted by molar-refractivity contribution is -0.143. The summed E-state index contributed by atoms with van der Waals surface area (Å²) in [6.45, 7) is 4.96. The van der Waals surface area contributed by atoms with E-state index < -0.39 is 12.1 Å². The van der Waals surface area contributed by atoms with Crippen LogP contribution in [-0.4, -0.2) is 47.4 Å². The quantitative estimate of drug-likeness (QED) is 0.0320. The first-order chi connectivity index (χ1) is 36.5. The molecule has 74 heavy (non-hydrogen) atoms. The van der Waals surface area contributed by atoms with Gasteiger partial charge in [0, 0.05) is 12.8 Å². The number of allylic oxidation sites excluding steroid dienone is 6. The zero-order valence-electron chi connectivity index (χ0n) is 49.8. The van der Waals surface area contributed by atoms with Crippen LogP contribution in [0, 0.1) is 0 Å². The largest absolute Gasteiger partial charge is 0.466 e. The number of aliphatic hydroxyl groups excluding tert-OH is 2. The van der Waals surface area contributed by atoms with Crippen LogP contribution < -0.4 is 5.32 Å². The van der Waals surface area contributed by atoms with E-state index in [1.54, 1.807) is 0 Å². The standard InChI is InChI=1S/C68H129NO5/c1-3-5-7-9-11-13-15-17-18-35-38-42-46-50-54-58-62-68(73)74-63-59-55-51-47-43-39-36-33-31-29-27-25-23-21-19-20-22-24-26-28-30-32-34-37-41-45-49-53-57-61-67(72)69-65(64-70)66(71)60-56-52-48-44-40-16-14-12-10-8-6-4-2/h18-19,21,25,27,35,65-66,70-71H,3-17,20,22-24,26,28-34,36-64H2,1-2H3,(H,69,72)/b21-19-,27-25-,35-18-. The lowest BCUT2D eigenvalue weighted by Crippen LogP contribution is -2.45. The highest BCUT2D eigenvalue weighted by molar-refractivity contribution is 5.76. The molecule has 0 aromatic rings. The van der Waals surface area contributed by atoms with Crippen molar-refractivity contribution in [3.63, 3.8) is 0 Å². The molecule has 0 saturated carbocycles. The van der Waals surface area contributed by atoms with Crippen molar-refractivity contribution < 1.29 is 24.5 Å². The number of aliphatic hydroxyl groups is 2. The van der Waals surface area contributed by atoms with E-state index in [1.807, 2.05) is 0 Å². The van der Waals surface area contributed by atoms with E-state index in [1.165, 1.54) is 276 Å². The Morgan fingerprint density at radius 3 is 1.04 bits per heavy atom. The number of ether oxygens (including phenoxy) is 1. The minimum absolute atomic E-state index is 0.00479. The van der Waals surface area contributed by atoms with Crippen molar-refractivity contribution in [3.8, 4) is 0 Å². The Morgan fingerprint density at radius 1 is 0.378 bits per heavy atom. The zero-order chi connectivity index (χ0) is 53.6. The van der Waals surface area contributed by atoms with Crippen LogP contribution in [0.15, 0.2) is 36.5 Å². The highest BCUT2D eigenvalue weighted by atomic mass is 16.5. The summed E-state index contributed by atoms with van der Waals surface area (Å²) in [5, 5.41) is 23.2. The third kappa shape index (κ3) is 59.3. The second-order valence-corrected chi connectivity index (χ2v) is 22.8. The Hall–Kier alpha value is -1.92. The average molecular weight is 1040 g/mol. The molecule has 0 aromatic carbocycles. The molecule has 2 atom stereocenters. The molecule has 0 aliphatic carbocycles. The maximum absolute atomic E-state index is 12.5. The van der Waals surface area contributed by atoms with Crippen molar-refractivity contribution in [2.24, 2.45) is 0 Å². The molecule has 0 saturated heterocycles. The molecule has 0 rings (SSSR count). The van der Waals surface area contributed by atoms with E-state index in [0.717, 1.165) is 51.4 Å². The van der Waals surface area contributed by atoms with Crippen LogP contribution in [-0.2, 0) is 14.3 Å². The van der Waals surface area contributed by atoms with Crippen LogP contribution >= 0.6 is 0 Å². The average Bonchev–Trinajstić information content (AvgIpc) is 3.40. The molecule has 6 nitrogen and oxygen atoms in total. The smallest absolute Gasteiger partial charge is 0.305 e. The van der Waals surface area contributed by atoms with Gasteiger partial charge in [-0.2, -0.15) is 0 Å². The van der Waals surface area contributed by atoms with E-state index in [2.05, 4.69) is 55.6 Å². The Labute approximate surface area is 462 Å². The van der Waals surface area contributed by atoms with Crippen molar-refractivity contribution >= 4 is 11.9 Å². The van der Waals surface area contributed by atoms with Gasteiger partial charge in [-0.25, -0.2) is 0 Å². The predicted octanol–water partition coefficient (Wildman–Crippen LogP) is 21.1. The Kier molecular flexibility index (Phi) is 62.0. The number of hydrogen-bond acceptors (Lipinski definition) is 5. The molecule has 0 aromatic heterocycles. The second kappa shape index (κ2) is 63.6. The molecule has 436 valence electrons. The maximum Gasteiger partial charge on any atom is 0.305 e. The number of esters is 1. The van der Waals surface area contributed by atoms with Gasteiger partial charge in [-0.05, 0) is 83.5 Å². The summed E-state index contributed by atoms with van der Waals surface area (Å²) in [5.74, 6) is -0.0307. The van der Waals surface area contributed by atoms with E-state index in [0.29, 0.717) is 25.9 Å². The van der Waals surface area contributed by atoms with Crippen molar-refractivity contribution in [2.45, 2.75) is 373 Å². The number of carbonyl (C=O) groups is 2. The summed E-state index contributed by atoms with van der Waals surface area (Å²) >= 11 is 0. The molecule has 0 fully saturated rings. The van der Waals surface area contributed by atoms with Gasteiger partial charge in [0.15, 0.2) is 0 Å². The molecule has 0 heterocycles. The fourth-order valence-electron chi connectivity index (χ4n) is 10.3. The van der Waals surface area contributed by atoms with Crippen LogP contribution in [0.3, 0.4) is 0 Å².